The number of nitrogens with two attached hydrogens (primary N) is 1. The van der Waals surface area contributed by atoms with Crippen LogP contribution in [0.4, 0.5) is 17.1 Å². The van der Waals surface area contributed by atoms with Crippen LogP contribution in [0.2, 0.25) is 5.02 Å². The Morgan fingerprint density at radius 1 is 1.39 bits per heavy atom. The second kappa shape index (κ2) is 6.38. The highest BCUT2D eigenvalue weighted by molar-refractivity contribution is 6.31. The summed E-state index contributed by atoms with van der Waals surface area (Å²) in [5.74, 6) is 0.614. The van der Waals surface area contributed by atoms with E-state index in [-0.39, 0.29) is 12.5 Å². The fraction of sp³-hybridized carbons (Fsp3) is 0.235. The van der Waals surface area contributed by atoms with Crippen LogP contribution < -0.4 is 20.7 Å². The van der Waals surface area contributed by atoms with Crippen LogP contribution in [0, 0.1) is 6.92 Å². The first-order valence-electron chi connectivity index (χ1n) is 7.37. The molecule has 23 heavy (non-hydrogen) atoms. The topological polar surface area (TPSA) is 67.6 Å². The summed E-state index contributed by atoms with van der Waals surface area (Å²) in [5, 5.41) is 3.54. The van der Waals surface area contributed by atoms with Gasteiger partial charge in [-0.05, 0) is 36.8 Å². The van der Waals surface area contributed by atoms with E-state index in [2.05, 4.69) is 5.32 Å². The van der Waals surface area contributed by atoms with E-state index in [1.807, 2.05) is 30.0 Å². The number of ether oxygens (including phenoxy) is 1. The lowest BCUT2D eigenvalue weighted by Crippen LogP contribution is -2.38. The number of nitrogen functional groups attached to an aromatic ring is 1. The van der Waals surface area contributed by atoms with Crippen molar-refractivity contribution in [1.29, 1.82) is 0 Å². The number of rotatable bonds is 3. The van der Waals surface area contributed by atoms with Crippen LogP contribution in [0.15, 0.2) is 36.4 Å². The first-order valence-corrected chi connectivity index (χ1v) is 7.74. The number of carbonyl (C=O) groups is 1. The molecule has 0 saturated carbocycles. The third-order valence-electron chi connectivity index (χ3n) is 3.82. The van der Waals surface area contributed by atoms with E-state index in [0.717, 1.165) is 16.9 Å². The van der Waals surface area contributed by atoms with Crippen LogP contribution in [-0.2, 0) is 4.79 Å². The van der Waals surface area contributed by atoms with Crippen molar-refractivity contribution >= 4 is 34.6 Å². The molecule has 1 aliphatic rings. The van der Waals surface area contributed by atoms with Gasteiger partial charge in [-0.3, -0.25) is 4.79 Å². The summed E-state index contributed by atoms with van der Waals surface area (Å²) in [6, 6.07) is 10.9. The van der Waals surface area contributed by atoms with Gasteiger partial charge < -0.3 is 20.7 Å². The molecule has 120 valence electrons. The largest absolute Gasteiger partial charge is 0.489 e. The fourth-order valence-corrected chi connectivity index (χ4v) is 2.74. The van der Waals surface area contributed by atoms with Crippen LogP contribution >= 0.6 is 11.6 Å². The Morgan fingerprint density at radius 3 is 3.04 bits per heavy atom. The molecular formula is C17H18ClN3O2. The zero-order chi connectivity index (χ0) is 16.4. The number of nitrogens with zero attached hydrogens (tertiary/aromatic N) is 1. The third-order valence-corrected chi connectivity index (χ3v) is 4.23. The van der Waals surface area contributed by atoms with Gasteiger partial charge in [0.25, 0.3) is 0 Å². The number of benzene rings is 2. The second-order valence-corrected chi connectivity index (χ2v) is 5.86. The summed E-state index contributed by atoms with van der Waals surface area (Å²) in [4.78, 5) is 14.3. The van der Waals surface area contributed by atoms with Crippen LogP contribution in [0.1, 0.15) is 5.56 Å². The molecule has 1 aliphatic heterocycles. The minimum Gasteiger partial charge on any atom is -0.489 e. The maximum atomic E-state index is 12.4. The summed E-state index contributed by atoms with van der Waals surface area (Å²) < 4.78 is 5.60. The maximum Gasteiger partial charge on any atom is 0.243 e. The zero-order valence-corrected chi connectivity index (χ0v) is 13.6. The van der Waals surface area contributed by atoms with Crippen LogP contribution in [0.5, 0.6) is 5.75 Å². The normalized spacial score (nSPS) is 13.2. The molecule has 1 heterocycles. The average Bonchev–Trinajstić information content (AvgIpc) is 2.52. The predicted octanol–water partition coefficient (Wildman–Crippen LogP) is 3.07. The lowest BCUT2D eigenvalue weighted by Gasteiger charge is -2.30. The Labute approximate surface area is 140 Å². The summed E-state index contributed by atoms with van der Waals surface area (Å²) in [5.41, 5.74) is 8.88. The Balaban J connectivity index is 1.73. The van der Waals surface area contributed by atoms with Gasteiger partial charge in [0.1, 0.15) is 12.4 Å². The predicted molar refractivity (Wildman–Crippen MR) is 93.4 cm³/mol. The minimum atomic E-state index is -0.0972. The molecule has 6 heteroatoms. The van der Waals surface area contributed by atoms with Crippen molar-refractivity contribution in [3.63, 3.8) is 0 Å². The molecule has 1 amide bonds. The summed E-state index contributed by atoms with van der Waals surface area (Å²) in [6.45, 7) is 3.30. The number of anilines is 3. The van der Waals surface area contributed by atoms with Crippen molar-refractivity contribution in [2.75, 3.05) is 35.6 Å². The van der Waals surface area contributed by atoms with Crippen LogP contribution in [0.3, 0.4) is 0 Å². The van der Waals surface area contributed by atoms with Crippen molar-refractivity contribution < 1.29 is 9.53 Å². The number of amides is 1. The van der Waals surface area contributed by atoms with Crippen molar-refractivity contribution in [2.45, 2.75) is 6.92 Å². The quantitative estimate of drug-likeness (QED) is 0.848. The van der Waals surface area contributed by atoms with Crippen molar-refractivity contribution in [3.8, 4) is 5.75 Å². The molecule has 3 N–H and O–H groups in total. The van der Waals surface area contributed by atoms with E-state index in [4.69, 9.17) is 22.1 Å². The molecule has 0 fully saturated rings. The first kappa shape index (κ1) is 15.5. The van der Waals surface area contributed by atoms with Crippen molar-refractivity contribution in [3.05, 3.63) is 47.0 Å². The maximum absolute atomic E-state index is 12.4. The lowest BCUT2D eigenvalue weighted by atomic mass is 10.2. The van der Waals surface area contributed by atoms with Gasteiger partial charge in [-0.1, -0.05) is 17.7 Å². The van der Waals surface area contributed by atoms with Gasteiger partial charge in [0, 0.05) is 22.5 Å². The molecule has 0 bridgehead atoms. The molecule has 0 spiro atoms. The average molecular weight is 332 g/mol. The van der Waals surface area contributed by atoms with E-state index in [0.29, 0.717) is 29.6 Å². The van der Waals surface area contributed by atoms with E-state index >= 15 is 0 Å². The Hall–Kier alpha value is -2.40. The Kier molecular flexibility index (Phi) is 4.30. The SMILES string of the molecule is Cc1c(Cl)cccc1NC(=O)CN1CCOc2cc(N)ccc21. The third kappa shape index (κ3) is 3.35. The molecule has 0 aliphatic carbocycles. The minimum absolute atomic E-state index is 0.0972. The molecular weight excluding hydrogens is 314 g/mol. The highest BCUT2D eigenvalue weighted by Gasteiger charge is 2.20. The molecule has 2 aromatic rings. The smallest absolute Gasteiger partial charge is 0.243 e. The zero-order valence-electron chi connectivity index (χ0n) is 12.8. The molecule has 0 unspecified atom stereocenters. The summed E-state index contributed by atoms with van der Waals surface area (Å²) in [7, 11) is 0. The van der Waals surface area contributed by atoms with Crippen molar-refractivity contribution in [1.82, 2.24) is 0 Å². The monoisotopic (exact) mass is 331 g/mol. The Morgan fingerprint density at radius 2 is 2.22 bits per heavy atom. The standard InChI is InChI=1S/C17H18ClN3O2/c1-11-13(18)3-2-4-14(11)20-17(22)10-21-7-8-23-16-9-12(19)5-6-15(16)21/h2-6,9H,7-8,10,19H2,1H3,(H,20,22). The van der Waals surface area contributed by atoms with Gasteiger partial charge in [0.05, 0.1) is 18.8 Å². The second-order valence-electron chi connectivity index (χ2n) is 5.46. The van der Waals surface area contributed by atoms with Gasteiger partial charge in [-0.25, -0.2) is 0 Å². The fourth-order valence-electron chi connectivity index (χ4n) is 2.56. The number of hydrogen-bond donors (Lipinski definition) is 2. The van der Waals surface area contributed by atoms with Gasteiger partial charge in [0.15, 0.2) is 0 Å². The summed E-state index contributed by atoms with van der Waals surface area (Å²) in [6.07, 6.45) is 0. The van der Waals surface area contributed by atoms with Gasteiger partial charge in [-0.15, -0.1) is 0 Å². The number of hydrogen-bond acceptors (Lipinski definition) is 4. The molecule has 2 aromatic carbocycles. The van der Waals surface area contributed by atoms with Gasteiger partial charge in [-0.2, -0.15) is 0 Å². The van der Waals surface area contributed by atoms with E-state index in [9.17, 15) is 4.79 Å². The van der Waals surface area contributed by atoms with Gasteiger partial charge >= 0.3 is 0 Å². The lowest BCUT2D eigenvalue weighted by molar-refractivity contribution is -0.115. The van der Waals surface area contributed by atoms with Crippen LogP contribution in [0.25, 0.3) is 0 Å². The molecule has 5 nitrogen and oxygen atoms in total. The van der Waals surface area contributed by atoms with E-state index < -0.39 is 0 Å². The number of fused-ring (bicyclic) bond motifs is 1. The van der Waals surface area contributed by atoms with E-state index in [1.54, 1.807) is 18.2 Å². The number of nitrogens with one attached hydrogen (secondary N) is 1. The van der Waals surface area contributed by atoms with Crippen molar-refractivity contribution in [2.24, 2.45) is 0 Å². The molecule has 0 atom stereocenters. The number of halogens is 1. The molecule has 0 aromatic heterocycles. The first-order chi connectivity index (χ1) is 11.0. The number of carbonyl (C=O) groups excluding carboxylic acids is 1. The Bertz CT molecular complexity index is 749. The highest BCUT2D eigenvalue weighted by Crippen LogP contribution is 2.33. The van der Waals surface area contributed by atoms with E-state index in [1.165, 1.54) is 0 Å². The summed E-state index contributed by atoms with van der Waals surface area (Å²) >= 11 is 6.08. The van der Waals surface area contributed by atoms with Crippen LogP contribution in [-0.4, -0.2) is 25.6 Å². The molecule has 0 radical (unpaired) electrons. The molecule has 3 rings (SSSR count). The van der Waals surface area contributed by atoms with Gasteiger partial charge in [0.2, 0.25) is 5.91 Å². The molecule has 0 saturated heterocycles. The highest BCUT2D eigenvalue weighted by atomic mass is 35.5.